The zero-order valence-corrected chi connectivity index (χ0v) is 22.0. The average molecular weight is 520 g/mol. The number of hydrogen-bond acceptors (Lipinski definition) is 4. The van der Waals surface area contributed by atoms with E-state index >= 15 is 0 Å². The van der Waals surface area contributed by atoms with E-state index in [1.165, 1.54) is 18.3 Å². The molecule has 1 aliphatic heterocycles. The van der Waals surface area contributed by atoms with Crippen LogP contribution in [-0.4, -0.2) is 29.2 Å². The lowest BCUT2D eigenvalue weighted by Gasteiger charge is -2.34. The Morgan fingerprint density at radius 3 is 2.29 bits per heavy atom. The monoisotopic (exact) mass is 519 g/mol. The van der Waals surface area contributed by atoms with E-state index in [0.717, 1.165) is 67.0 Å². The lowest BCUT2D eigenvalue weighted by molar-refractivity contribution is 0.185. The zero-order chi connectivity index (χ0) is 26.8. The van der Waals surface area contributed by atoms with E-state index in [1.807, 2.05) is 32.0 Å². The minimum absolute atomic E-state index is 0.117. The molecule has 1 aliphatic rings. The molecule has 38 heavy (non-hydrogen) atoms. The van der Waals surface area contributed by atoms with Gasteiger partial charge in [-0.2, -0.15) is 0 Å². The van der Waals surface area contributed by atoms with Crippen molar-refractivity contribution in [3.8, 4) is 28.0 Å². The molecule has 198 valence electrons. The number of halogens is 3. The van der Waals surface area contributed by atoms with Crippen LogP contribution < -0.4 is 9.64 Å². The Bertz CT molecular complexity index is 1430. The summed E-state index contributed by atoms with van der Waals surface area (Å²) < 4.78 is 49.6. The lowest BCUT2D eigenvalue weighted by atomic mass is 9.94. The number of hydrogen-bond donors (Lipinski definition) is 0. The first-order valence-corrected chi connectivity index (χ1v) is 13.3. The van der Waals surface area contributed by atoms with Gasteiger partial charge in [-0.3, -0.25) is 9.97 Å². The van der Waals surface area contributed by atoms with Gasteiger partial charge in [0, 0.05) is 48.1 Å². The summed E-state index contributed by atoms with van der Waals surface area (Å²) >= 11 is 0. The fourth-order valence-electron chi connectivity index (χ4n) is 5.21. The van der Waals surface area contributed by atoms with Crippen molar-refractivity contribution in [2.45, 2.75) is 52.6 Å². The summed E-state index contributed by atoms with van der Waals surface area (Å²) in [5.74, 6) is -1.00. The topological polar surface area (TPSA) is 38.3 Å². The summed E-state index contributed by atoms with van der Waals surface area (Å²) in [6.07, 6.45) is 7.89. The quantitative estimate of drug-likeness (QED) is 0.247. The van der Waals surface area contributed by atoms with Gasteiger partial charge in [0.15, 0.2) is 11.6 Å². The maximum atomic E-state index is 15.0. The van der Waals surface area contributed by atoms with E-state index in [1.54, 1.807) is 12.4 Å². The van der Waals surface area contributed by atoms with Crippen molar-refractivity contribution in [3.05, 3.63) is 72.4 Å². The van der Waals surface area contributed by atoms with Gasteiger partial charge in [0.2, 0.25) is 0 Å². The van der Waals surface area contributed by atoms with Crippen molar-refractivity contribution in [2.24, 2.45) is 5.92 Å². The average Bonchev–Trinajstić information content (AvgIpc) is 2.91. The van der Waals surface area contributed by atoms with Crippen molar-refractivity contribution >= 4 is 16.6 Å². The second-order valence-corrected chi connectivity index (χ2v) is 10.1. The predicted octanol–water partition coefficient (Wildman–Crippen LogP) is 8.18. The highest BCUT2D eigenvalue weighted by Gasteiger charge is 2.24. The highest BCUT2D eigenvalue weighted by atomic mass is 19.1. The zero-order valence-electron chi connectivity index (χ0n) is 22.0. The van der Waals surface area contributed by atoms with Gasteiger partial charge in [0.25, 0.3) is 0 Å². The number of fused-ring (bicyclic) bond motifs is 1. The molecular weight excluding hydrogens is 487 g/mol. The smallest absolute Gasteiger partial charge is 0.183 e. The van der Waals surface area contributed by atoms with Crippen LogP contribution >= 0.6 is 0 Å². The molecule has 1 saturated heterocycles. The first-order valence-electron chi connectivity index (χ1n) is 13.3. The van der Waals surface area contributed by atoms with Crippen LogP contribution in [0.2, 0.25) is 0 Å². The molecule has 1 fully saturated rings. The maximum Gasteiger partial charge on any atom is 0.183 e. The highest BCUT2D eigenvalue weighted by molar-refractivity contribution is 6.02. The third kappa shape index (κ3) is 5.19. The normalized spacial score (nSPS) is 14.4. The molecule has 0 spiro atoms. The Morgan fingerprint density at radius 1 is 0.895 bits per heavy atom. The molecule has 0 atom stereocenters. The molecule has 0 N–H and O–H groups in total. The van der Waals surface area contributed by atoms with Crippen molar-refractivity contribution in [2.75, 3.05) is 18.0 Å². The van der Waals surface area contributed by atoms with Crippen LogP contribution in [-0.2, 0) is 0 Å². The number of aromatic nitrogens is 2. The van der Waals surface area contributed by atoms with Crippen LogP contribution in [0.25, 0.3) is 33.2 Å². The van der Waals surface area contributed by atoms with Gasteiger partial charge in [0.05, 0.1) is 23.5 Å². The van der Waals surface area contributed by atoms with Crippen LogP contribution in [0.3, 0.4) is 0 Å². The molecule has 4 aromatic rings. The van der Waals surface area contributed by atoms with Crippen LogP contribution in [0.15, 0.2) is 55.0 Å². The fraction of sp³-hybridized carbons (Fsp3) is 0.355. The van der Waals surface area contributed by atoms with Crippen molar-refractivity contribution in [1.29, 1.82) is 0 Å². The lowest BCUT2D eigenvalue weighted by Crippen LogP contribution is -2.33. The van der Waals surface area contributed by atoms with Crippen molar-refractivity contribution in [3.63, 3.8) is 0 Å². The Kier molecular flexibility index (Phi) is 7.54. The summed E-state index contributed by atoms with van der Waals surface area (Å²) in [7, 11) is 0. The first kappa shape index (κ1) is 26.0. The van der Waals surface area contributed by atoms with Crippen LogP contribution in [0.1, 0.15) is 46.5 Å². The molecule has 7 heteroatoms. The van der Waals surface area contributed by atoms with Gasteiger partial charge in [0.1, 0.15) is 11.6 Å². The molecule has 0 radical (unpaired) electrons. The van der Waals surface area contributed by atoms with Crippen molar-refractivity contribution < 1.29 is 17.9 Å². The third-order valence-electron chi connectivity index (χ3n) is 7.47. The molecule has 2 aromatic carbocycles. The SMILES string of the molecule is CCC(CC)Oc1c(F)cncc1-c1ccc2ncc(-c3cc(F)cc(F)c3)c(N3CCC(C)CC3)c2c1. The van der Waals surface area contributed by atoms with E-state index in [-0.39, 0.29) is 11.9 Å². The minimum Gasteiger partial charge on any atom is -0.487 e. The molecule has 0 amide bonds. The Balaban J connectivity index is 1.71. The molecule has 3 heterocycles. The molecule has 0 saturated carbocycles. The van der Waals surface area contributed by atoms with E-state index in [4.69, 9.17) is 4.74 Å². The summed E-state index contributed by atoms with van der Waals surface area (Å²) in [5, 5.41) is 0.831. The molecule has 5 rings (SSSR count). The number of piperidine rings is 1. The Hall–Kier alpha value is -3.61. The molecular formula is C31H32F3N3O. The van der Waals surface area contributed by atoms with Gasteiger partial charge >= 0.3 is 0 Å². The number of anilines is 1. The molecule has 0 bridgehead atoms. The molecule has 4 nitrogen and oxygen atoms in total. The van der Waals surface area contributed by atoms with Crippen LogP contribution in [0.5, 0.6) is 5.75 Å². The second kappa shape index (κ2) is 11.0. The number of nitrogens with zero attached hydrogens (tertiary/aromatic N) is 3. The first-order chi connectivity index (χ1) is 18.4. The molecule has 0 aliphatic carbocycles. The van der Waals surface area contributed by atoms with Gasteiger partial charge in [-0.05, 0) is 67.0 Å². The van der Waals surface area contributed by atoms with Crippen LogP contribution in [0, 0.1) is 23.4 Å². The van der Waals surface area contributed by atoms with E-state index in [9.17, 15) is 13.2 Å². The maximum absolute atomic E-state index is 15.0. The van der Waals surface area contributed by atoms with Gasteiger partial charge in [-0.15, -0.1) is 0 Å². The largest absolute Gasteiger partial charge is 0.487 e. The Morgan fingerprint density at radius 2 is 1.61 bits per heavy atom. The predicted molar refractivity (Wildman–Crippen MR) is 146 cm³/mol. The van der Waals surface area contributed by atoms with Gasteiger partial charge in [-0.1, -0.05) is 26.8 Å². The number of ether oxygens (including phenoxy) is 1. The Labute approximate surface area is 221 Å². The number of pyridine rings is 2. The summed E-state index contributed by atoms with van der Waals surface area (Å²) in [4.78, 5) is 11.0. The number of rotatable bonds is 7. The highest BCUT2D eigenvalue weighted by Crippen LogP contribution is 2.41. The molecule has 0 unspecified atom stereocenters. The number of benzene rings is 2. The second-order valence-electron chi connectivity index (χ2n) is 10.1. The van der Waals surface area contributed by atoms with Crippen LogP contribution in [0.4, 0.5) is 18.9 Å². The van der Waals surface area contributed by atoms with E-state index < -0.39 is 17.5 Å². The molecule has 2 aromatic heterocycles. The summed E-state index contributed by atoms with van der Waals surface area (Å²) in [6, 6.07) is 9.28. The van der Waals surface area contributed by atoms with Gasteiger partial charge < -0.3 is 9.64 Å². The standard InChI is InChI=1S/C31H32F3N3O/c1-4-24(5-2)38-31-27(16-35-18-28(31)34)20-6-7-29-25(14-20)30(37-10-8-19(3)9-11-37)26(17-36-29)21-12-22(32)15-23(33)13-21/h6-7,12-19,24H,4-5,8-11H2,1-3H3. The summed E-state index contributed by atoms with van der Waals surface area (Å²) in [6.45, 7) is 7.90. The fourth-order valence-corrected chi connectivity index (χ4v) is 5.21. The van der Waals surface area contributed by atoms with Crippen molar-refractivity contribution in [1.82, 2.24) is 9.97 Å². The van der Waals surface area contributed by atoms with E-state index in [0.29, 0.717) is 22.6 Å². The minimum atomic E-state index is -0.638. The summed E-state index contributed by atoms with van der Waals surface area (Å²) in [5.41, 5.74) is 4.01. The van der Waals surface area contributed by atoms with E-state index in [2.05, 4.69) is 21.8 Å². The van der Waals surface area contributed by atoms with Gasteiger partial charge in [-0.25, -0.2) is 13.2 Å². The third-order valence-corrected chi connectivity index (χ3v) is 7.47.